The number of nitrogens with one attached hydrogen (secondary N) is 1. The van der Waals surface area contributed by atoms with Crippen LogP contribution in [0.3, 0.4) is 0 Å². The Morgan fingerprint density at radius 1 is 0.964 bits per heavy atom. The van der Waals surface area contributed by atoms with Crippen molar-refractivity contribution in [3.8, 4) is 0 Å². The highest BCUT2D eigenvalue weighted by atomic mass is 16.4. The minimum absolute atomic E-state index is 0.404. The maximum atomic E-state index is 13.0. The van der Waals surface area contributed by atoms with Crippen LogP contribution in [-0.4, -0.2) is 28.6 Å². The number of anilines is 2. The zero-order valence-electron chi connectivity index (χ0n) is 16.1. The smallest absolute Gasteiger partial charge is 0.284 e. The first-order valence-electron chi connectivity index (χ1n) is 8.81. The summed E-state index contributed by atoms with van der Waals surface area (Å²) in [4.78, 5) is 39.6. The van der Waals surface area contributed by atoms with Crippen LogP contribution in [0.25, 0.3) is 0 Å². The summed E-state index contributed by atoms with van der Waals surface area (Å²) in [6, 6.07) is 10.9. The van der Waals surface area contributed by atoms with E-state index in [0.29, 0.717) is 22.5 Å². The van der Waals surface area contributed by atoms with Crippen LogP contribution in [0.5, 0.6) is 0 Å². The van der Waals surface area contributed by atoms with Crippen LogP contribution in [0, 0.1) is 33.6 Å². The Morgan fingerprint density at radius 3 is 1.96 bits per heavy atom. The molecule has 0 aliphatic carbocycles. The van der Waals surface area contributed by atoms with Gasteiger partial charge in [0.1, 0.15) is 0 Å². The number of imide groups is 1. The SMILES string of the molecule is Cc1cccc(C)c1NC(=O)[C@H]1C(=O)N(c2c(C)cccc2C)C(=O)/C1=N/O. The number of nitrogens with zero attached hydrogens (tertiary/aromatic N) is 2. The van der Waals surface area contributed by atoms with Gasteiger partial charge in [-0.3, -0.25) is 14.4 Å². The van der Waals surface area contributed by atoms with Crippen LogP contribution in [-0.2, 0) is 14.4 Å². The molecule has 28 heavy (non-hydrogen) atoms. The average Bonchev–Trinajstić information content (AvgIpc) is 2.89. The van der Waals surface area contributed by atoms with Gasteiger partial charge in [-0.25, -0.2) is 4.90 Å². The lowest BCUT2D eigenvalue weighted by Crippen LogP contribution is -2.35. The predicted octanol–water partition coefficient (Wildman–Crippen LogP) is 2.88. The van der Waals surface area contributed by atoms with Crippen molar-refractivity contribution in [2.24, 2.45) is 11.1 Å². The van der Waals surface area contributed by atoms with Gasteiger partial charge in [-0.15, -0.1) is 0 Å². The molecule has 0 aromatic heterocycles. The third-order valence-corrected chi connectivity index (χ3v) is 4.93. The second kappa shape index (κ2) is 7.26. The average molecular weight is 379 g/mol. The topological polar surface area (TPSA) is 99.1 Å². The van der Waals surface area contributed by atoms with E-state index in [4.69, 9.17) is 0 Å². The fourth-order valence-electron chi connectivity index (χ4n) is 3.50. The summed E-state index contributed by atoms with van der Waals surface area (Å²) in [5.74, 6) is -3.77. The van der Waals surface area contributed by atoms with Crippen LogP contribution in [0.2, 0.25) is 0 Å². The molecule has 1 heterocycles. The van der Waals surface area contributed by atoms with E-state index in [-0.39, 0.29) is 0 Å². The minimum Gasteiger partial charge on any atom is -0.410 e. The number of para-hydroxylation sites is 2. The van der Waals surface area contributed by atoms with Gasteiger partial charge in [0.05, 0.1) is 5.69 Å². The van der Waals surface area contributed by atoms with Crippen molar-refractivity contribution in [3.05, 3.63) is 58.7 Å². The molecule has 2 aromatic rings. The first-order chi connectivity index (χ1) is 13.3. The molecule has 1 fully saturated rings. The van der Waals surface area contributed by atoms with Gasteiger partial charge in [-0.2, -0.15) is 0 Å². The molecule has 0 spiro atoms. The summed E-state index contributed by atoms with van der Waals surface area (Å²) >= 11 is 0. The predicted molar refractivity (Wildman–Crippen MR) is 106 cm³/mol. The number of amides is 3. The first kappa shape index (κ1) is 19.3. The summed E-state index contributed by atoms with van der Waals surface area (Å²) < 4.78 is 0. The highest BCUT2D eigenvalue weighted by Crippen LogP contribution is 2.32. The molecule has 1 atom stereocenters. The van der Waals surface area contributed by atoms with Crippen molar-refractivity contribution in [2.75, 3.05) is 10.2 Å². The van der Waals surface area contributed by atoms with Gasteiger partial charge < -0.3 is 10.5 Å². The maximum absolute atomic E-state index is 13.0. The highest BCUT2D eigenvalue weighted by molar-refractivity contribution is 6.61. The molecule has 2 aromatic carbocycles. The van der Waals surface area contributed by atoms with Crippen molar-refractivity contribution in [2.45, 2.75) is 27.7 Å². The number of benzene rings is 2. The molecule has 3 rings (SSSR count). The molecule has 3 amide bonds. The van der Waals surface area contributed by atoms with Gasteiger partial charge in [0, 0.05) is 5.69 Å². The van der Waals surface area contributed by atoms with Crippen LogP contribution >= 0.6 is 0 Å². The molecule has 2 N–H and O–H groups in total. The van der Waals surface area contributed by atoms with Gasteiger partial charge >= 0.3 is 0 Å². The van der Waals surface area contributed by atoms with Crippen molar-refractivity contribution in [1.82, 2.24) is 0 Å². The Morgan fingerprint density at radius 2 is 1.46 bits per heavy atom. The van der Waals surface area contributed by atoms with Gasteiger partial charge in [0.25, 0.3) is 11.8 Å². The Hall–Kier alpha value is -3.48. The maximum Gasteiger partial charge on any atom is 0.284 e. The standard InChI is InChI=1S/C21H21N3O4/c1-11-7-5-8-12(2)16(11)22-19(25)15-17(23-28)21(27)24(20(15)26)18-13(3)9-6-10-14(18)4/h5-10,15,28H,1-4H3,(H,22,25)/b23-17+/t15-/m0/s1. The van der Waals surface area contributed by atoms with Gasteiger partial charge in [-0.1, -0.05) is 41.6 Å². The number of rotatable bonds is 3. The number of hydrogen-bond donors (Lipinski definition) is 2. The Bertz CT molecular complexity index is 986. The lowest BCUT2D eigenvalue weighted by Gasteiger charge is -2.19. The van der Waals surface area contributed by atoms with E-state index >= 15 is 0 Å². The number of oxime groups is 1. The van der Waals surface area contributed by atoms with E-state index in [1.54, 1.807) is 26.0 Å². The van der Waals surface area contributed by atoms with Crippen molar-refractivity contribution in [3.63, 3.8) is 0 Å². The van der Waals surface area contributed by atoms with Crippen LogP contribution in [0.1, 0.15) is 22.3 Å². The van der Waals surface area contributed by atoms with Crippen LogP contribution in [0.15, 0.2) is 41.6 Å². The van der Waals surface area contributed by atoms with E-state index in [9.17, 15) is 19.6 Å². The summed E-state index contributed by atoms with van der Waals surface area (Å²) in [6.45, 7) is 7.19. The second-order valence-electron chi connectivity index (χ2n) is 6.89. The minimum atomic E-state index is -1.52. The molecule has 7 nitrogen and oxygen atoms in total. The summed E-state index contributed by atoms with van der Waals surface area (Å²) in [7, 11) is 0. The van der Waals surface area contributed by atoms with E-state index in [0.717, 1.165) is 16.0 Å². The molecule has 0 radical (unpaired) electrons. The highest BCUT2D eigenvalue weighted by Gasteiger charge is 2.51. The van der Waals surface area contributed by atoms with Crippen LogP contribution < -0.4 is 10.2 Å². The zero-order chi connectivity index (χ0) is 20.6. The summed E-state index contributed by atoms with van der Waals surface area (Å²) in [6.07, 6.45) is 0. The Labute approximate surface area is 162 Å². The number of aryl methyl sites for hydroxylation is 4. The van der Waals surface area contributed by atoms with Crippen molar-refractivity contribution in [1.29, 1.82) is 0 Å². The van der Waals surface area contributed by atoms with Crippen molar-refractivity contribution < 1.29 is 19.6 Å². The van der Waals surface area contributed by atoms with Gasteiger partial charge in [0.2, 0.25) is 5.91 Å². The normalized spacial score (nSPS) is 18.1. The van der Waals surface area contributed by atoms with Crippen molar-refractivity contribution >= 4 is 34.8 Å². The lowest BCUT2D eigenvalue weighted by atomic mass is 10.0. The monoisotopic (exact) mass is 379 g/mol. The number of carbonyl (C=O) groups is 3. The van der Waals surface area contributed by atoms with E-state index < -0.39 is 29.4 Å². The molecule has 0 saturated carbocycles. The zero-order valence-corrected chi connectivity index (χ0v) is 16.1. The number of hydrogen-bond acceptors (Lipinski definition) is 5. The molecule has 1 aliphatic rings. The van der Waals surface area contributed by atoms with Gasteiger partial charge in [0.15, 0.2) is 11.6 Å². The fourth-order valence-corrected chi connectivity index (χ4v) is 3.50. The molecular formula is C21H21N3O4. The lowest BCUT2D eigenvalue weighted by molar-refractivity contribution is -0.127. The molecule has 7 heteroatoms. The molecule has 0 unspecified atom stereocenters. The number of carbonyl (C=O) groups excluding carboxylic acids is 3. The first-order valence-corrected chi connectivity index (χ1v) is 8.81. The fraction of sp³-hybridized carbons (Fsp3) is 0.238. The molecule has 1 saturated heterocycles. The largest absolute Gasteiger partial charge is 0.410 e. The van der Waals surface area contributed by atoms with E-state index in [2.05, 4.69) is 10.5 Å². The van der Waals surface area contributed by atoms with E-state index in [1.165, 1.54) is 0 Å². The van der Waals surface area contributed by atoms with E-state index in [1.807, 2.05) is 38.1 Å². The molecular weight excluding hydrogens is 358 g/mol. The Balaban J connectivity index is 2.01. The summed E-state index contributed by atoms with van der Waals surface area (Å²) in [5, 5.41) is 15.1. The molecule has 1 aliphatic heterocycles. The quantitative estimate of drug-likeness (QED) is 0.371. The Kier molecular flexibility index (Phi) is 5.00. The van der Waals surface area contributed by atoms with Gasteiger partial charge in [-0.05, 0) is 49.9 Å². The summed E-state index contributed by atoms with van der Waals surface area (Å²) in [5.41, 5.74) is 3.52. The molecule has 0 bridgehead atoms. The third kappa shape index (κ3) is 3.05. The molecule has 144 valence electrons. The third-order valence-electron chi connectivity index (χ3n) is 4.93. The van der Waals surface area contributed by atoms with Crippen LogP contribution in [0.4, 0.5) is 11.4 Å². The second-order valence-corrected chi connectivity index (χ2v) is 6.89.